The molecule has 0 aromatic carbocycles. The molecule has 4 heteroatoms. The van der Waals surface area contributed by atoms with Gasteiger partial charge in [0, 0.05) is 19.0 Å². The van der Waals surface area contributed by atoms with E-state index in [9.17, 15) is 9.59 Å². The van der Waals surface area contributed by atoms with Gasteiger partial charge in [-0.1, -0.05) is 27.7 Å². The summed E-state index contributed by atoms with van der Waals surface area (Å²) in [6.45, 7) is 8.31. The van der Waals surface area contributed by atoms with Gasteiger partial charge in [-0.05, 0) is 24.7 Å². The summed E-state index contributed by atoms with van der Waals surface area (Å²) in [7, 11) is 0. The van der Waals surface area contributed by atoms with Crippen LogP contribution in [-0.2, 0) is 9.59 Å². The van der Waals surface area contributed by atoms with E-state index in [1.807, 2.05) is 0 Å². The van der Waals surface area contributed by atoms with Crippen LogP contribution < -0.4 is 0 Å². The van der Waals surface area contributed by atoms with Crippen LogP contribution in [0.5, 0.6) is 0 Å². The average molecular weight is 255 g/mol. The third-order valence-electron chi connectivity index (χ3n) is 3.83. The number of carbonyl (C=O) groups is 2. The van der Waals surface area contributed by atoms with E-state index in [2.05, 4.69) is 20.8 Å². The molecule has 0 aromatic rings. The molecule has 0 aliphatic heterocycles. The van der Waals surface area contributed by atoms with Gasteiger partial charge < -0.3 is 10.0 Å². The van der Waals surface area contributed by atoms with E-state index < -0.39 is 11.9 Å². The van der Waals surface area contributed by atoms with Crippen molar-refractivity contribution < 1.29 is 14.7 Å². The molecule has 1 amide bonds. The van der Waals surface area contributed by atoms with Crippen molar-refractivity contribution in [1.82, 2.24) is 4.90 Å². The fraction of sp³-hybridized carbons (Fsp3) is 0.857. The first-order valence-electron chi connectivity index (χ1n) is 6.85. The zero-order valence-corrected chi connectivity index (χ0v) is 11.8. The van der Waals surface area contributed by atoms with Gasteiger partial charge in [0.1, 0.15) is 0 Å². The Bertz CT molecular complexity index is 310. The largest absolute Gasteiger partial charge is 0.481 e. The number of hydrogen-bond donors (Lipinski definition) is 1. The van der Waals surface area contributed by atoms with Crippen molar-refractivity contribution >= 4 is 11.9 Å². The Morgan fingerprint density at radius 3 is 2.17 bits per heavy atom. The van der Waals surface area contributed by atoms with Crippen LogP contribution in [-0.4, -0.2) is 34.5 Å². The minimum Gasteiger partial charge on any atom is -0.481 e. The molecule has 0 spiro atoms. The predicted octanol–water partition coefficient (Wildman–Crippen LogP) is 2.38. The minimum absolute atomic E-state index is 0.117. The first-order chi connectivity index (χ1) is 8.32. The fourth-order valence-corrected chi connectivity index (χ4v) is 1.84. The SMILES string of the molecule is CC(CN(C(=O)CC(C)C(C)C)C1CC1)C(=O)O. The van der Waals surface area contributed by atoms with Crippen molar-refractivity contribution in [2.45, 2.75) is 53.0 Å². The second-order valence-corrected chi connectivity index (χ2v) is 5.94. The number of hydrogen-bond acceptors (Lipinski definition) is 2. The highest BCUT2D eigenvalue weighted by Crippen LogP contribution is 2.29. The molecule has 0 aromatic heterocycles. The number of rotatable bonds is 7. The van der Waals surface area contributed by atoms with Gasteiger partial charge in [-0.15, -0.1) is 0 Å². The van der Waals surface area contributed by atoms with Crippen LogP contribution in [0.25, 0.3) is 0 Å². The van der Waals surface area contributed by atoms with Gasteiger partial charge in [-0.3, -0.25) is 9.59 Å². The summed E-state index contributed by atoms with van der Waals surface area (Å²) in [6, 6.07) is 0.290. The van der Waals surface area contributed by atoms with E-state index in [1.54, 1.807) is 11.8 Å². The van der Waals surface area contributed by atoms with E-state index in [4.69, 9.17) is 5.11 Å². The van der Waals surface area contributed by atoms with Crippen molar-refractivity contribution in [2.75, 3.05) is 6.54 Å². The average Bonchev–Trinajstić information content (AvgIpc) is 3.08. The van der Waals surface area contributed by atoms with E-state index in [0.717, 1.165) is 12.8 Å². The van der Waals surface area contributed by atoms with Crippen LogP contribution in [0.2, 0.25) is 0 Å². The van der Waals surface area contributed by atoms with E-state index >= 15 is 0 Å². The third kappa shape index (κ3) is 4.31. The third-order valence-corrected chi connectivity index (χ3v) is 3.83. The lowest BCUT2D eigenvalue weighted by atomic mass is 9.94. The molecule has 1 aliphatic carbocycles. The molecular weight excluding hydrogens is 230 g/mol. The molecule has 0 saturated heterocycles. The number of carbonyl (C=O) groups excluding carboxylic acids is 1. The molecule has 0 radical (unpaired) electrons. The molecule has 1 rings (SSSR count). The maximum atomic E-state index is 12.2. The van der Waals surface area contributed by atoms with E-state index in [-0.39, 0.29) is 5.91 Å². The van der Waals surface area contributed by atoms with Gasteiger partial charge in [0.05, 0.1) is 5.92 Å². The lowest BCUT2D eigenvalue weighted by Crippen LogP contribution is -2.39. The Hall–Kier alpha value is -1.06. The number of carboxylic acid groups (broad SMARTS) is 1. The maximum absolute atomic E-state index is 12.2. The van der Waals surface area contributed by atoms with E-state index in [1.165, 1.54) is 0 Å². The zero-order chi connectivity index (χ0) is 13.9. The number of aliphatic carboxylic acids is 1. The molecule has 1 saturated carbocycles. The molecule has 18 heavy (non-hydrogen) atoms. The van der Waals surface area contributed by atoms with Crippen LogP contribution in [0.15, 0.2) is 0 Å². The standard InChI is InChI=1S/C14H25NO3/c1-9(2)10(3)7-13(16)15(12-5-6-12)8-11(4)14(17)18/h9-12H,5-8H2,1-4H3,(H,17,18). The summed E-state index contributed by atoms with van der Waals surface area (Å²) < 4.78 is 0. The van der Waals surface area contributed by atoms with Crippen LogP contribution in [0.1, 0.15) is 47.0 Å². The van der Waals surface area contributed by atoms with Gasteiger partial charge in [0.2, 0.25) is 5.91 Å². The Labute approximate surface area is 109 Å². The predicted molar refractivity (Wildman–Crippen MR) is 70.2 cm³/mol. The fourth-order valence-electron chi connectivity index (χ4n) is 1.84. The maximum Gasteiger partial charge on any atom is 0.308 e. The highest BCUT2D eigenvalue weighted by Gasteiger charge is 2.34. The summed E-state index contributed by atoms with van der Waals surface area (Å²) in [4.78, 5) is 24.9. The van der Waals surface area contributed by atoms with Crippen LogP contribution >= 0.6 is 0 Å². The first-order valence-corrected chi connectivity index (χ1v) is 6.85. The highest BCUT2D eigenvalue weighted by atomic mass is 16.4. The van der Waals surface area contributed by atoms with Crippen molar-refractivity contribution in [3.05, 3.63) is 0 Å². The lowest BCUT2D eigenvalue weighted by molar-refractivity contribution is -0.143. The number of amides is 1. The van der Waals surface area contributed by atoms with Crippen molar-refractivity contribution in [1.29, 1.82) is 0 Å². The van der Waals surface area contributed by atoms with Gasteiger partial charge in [-0.2, -0.15) is 0 Å². The molecule has 2 atom stereocenters. The summed E-state index contributed by atoms with van der Waals surface area (Å²) in [6.07, 6.45) is 2.57. The molecule has 0 heterocycles. The van der Waals surface area contributed by atoms with Crippen molar-refractivity contribution in [3.63, 3.8) is 0 Å². The lowest BCUT2D eigenvalue weighted by Gasteiger charge is -2.26. The summed E-state index contributed by atoms with van der Waals surface area (Å²) >= 11 is 0. The van der Waals surface area contributed by atoms with Crippen LogP contribution in [0, 0.1) is 17.8 Å². The summed E-state index contributed by atoms with van der Waals surface area (Å²) in [5.74, 6) is -0.369. The highest BCUT2D eigenvalue weighted by molar-refractivity contribution is 5.78. The van der Waals surface area contributed by atoms with Crippen molar-refractivity contribution in [2.24, 2.45) is 17.8 Å². The molecule has 1 aliphatic rings. The minimum atomic E-state index is -0.828. The van der Waals surface area contributed by atoms with Crippen LogP contribution in [0.3, 0.4) is 0 Å². The Morgan fingerprint density at radius 2 is 1.78 bits per heavy atom. The molecule has 1 fully saturated rings. The Morgan fingerprint density at radius 1 is 1.22 bits per heavy atom. The normalized spacial score (nSPS) is 18.5. The van der Waals surface area contributed by atoms with E-state index in [0.29, 0.717) is 30.8 Å². The molecule has 104 valence electrons. The van der Waals surface area contributed by atoms with Gasteiger partial charge >= 0.3 is 5.97 Å². The monoisotopic (exact) mass is 255 g/mol. The van der Waals surface area contributed by atoms with Gasteiger partial charge in [-0.25, -0.2) is 0 Å². The molecule has 2 unspecified atom stereocenters. The quantitative estimate of drug-likeness (QED) is 0.760. The molecular formula is C14H25NO3. The second kappa shape index (κ2) is 6.21. The molecule has 4 nitrogen and oxygen atoms in total. The molecule has 0 bridgehead atoms. The van der Waals surface area contributed by atoms with Gasteiger partial charge in [0.15, 0.2) is 0 Å². The Balaban J connectivity index is 2.56. The zero-order valence-electron chi connectivity index (χ0n) is 11.8. The number of nitrogens with zero attached hydrogens (tertiary/aromatic N) is 1. The Kier molecular flexibility index (Phi) is 5.17. The smallest absolute Gasteiger partial charge is 0.308 e. The number of carboxylic acids is 1. The summed E-state index contributed by atoms with van der Waals surface area (Å²) in [5.41, 5.74) is 0. The second-order valence-electron chi connectivity index (χ2n) is 5.94. The first kappa shape index (κ1) is 15.0. The van der Waals surface area contributed by atoms with Crippen molar-refractivity contribution in [3.8, 4) is 0 Å². The van der Waals surface area contributed by atoms with Gasteiger partial charge in [0.25, 0.3) is 0 Å². The molecule has 1 N–H and O–H groups in total. The van der Waals surface area contributed by atoms with Crippen LogP contribution in [0.4, 0.5) is 0 Å². The topological polar surface area (TPSA) is 57.6 Å². The summed E-state index contributed by atoms with van der Waals surface area (Å²) in [5, 5.41) is 8.95.